The Labute approximate surface area is 176 Å². The Balaban J connectivity index is 1.90. The number of aryl methyl sites for hydroxylation is 2. The van der Waals surface area contributed by atoms with E-state index in [0.29, 0.717) is 13.0 Å². The molecule has 0 aliphatic carbocycles. The highest BCUT2D eigenvalue weighted by atomic mass is 32.1. The molecule has 0 atom stereocenters. The number of fused-ring (bicyclic) bond motifs is 1. The van der Waals surface area contributed by atoms with Crippen LogP contribution in [0.4, 0.5) is 5.13 Å². The van der Waals surface area contributed by atoms with Crippen LogP contribution in [0.3, 0.4) is 0 Å². The lowest BCUT2D eigenvalue weighted by atomic mass is 10.0. The van der Waals surface area contributed by atoms with Crippen LogP contribution in [0.1, 0.15) is 23.1 Å². The van der Waals surface area contributed by atoms with E-state index < -0.39 is 0 Å². The number of anilines is 1. The number of carbonyl (C=O) groups is 1. The molecule has 0 aliphatic rings. The largest absolute Gasteiger partial charge is 0.494 e. The number of ether oxygens (including phenoxy) is 1. The Morgan fingerprint density at radius 2 is 1.93 bits per heavy atom. The van der Waals surface area contributed by atoms with Crippen molar-refractivity contribution in [3.8, 4) is 5.75 Å². The second-order valence-electron chi connectivity index (χ2n) is 7.61. The van der Waals surface area contributed by atoms with Crippen molar-refractivity contribution in [2.75, 3.05) is 39.2 Å². The van der Waals surface area contributed by atoms with Crippen molar-refractivity contribution < 1.29 is 9.53 Å². The van der Waals surface area contributed by atoms with Crippen LogP contribution in [-0.4, -0.2) is 50.1 Å². The highest BCUT2D eigenvalue weighted by molar-refractivity contribution is 7.22. The number of carbonyl (C=O) groups excluding carboxylic acids is 1. The molecular formula is C23H29N3O2S. The zero-order valence-corrected chi connectivity index (χ0v) is 18.7. The van der Waals surface area contributed by atoms with Gasteiger partial charge in [-0.1, -0.05) is 41.2 Å². The van der Waals surface area contributed by atoms with E-state index in [0.717, 1.165) is 45.2 Å². The fourth-order valence-corrected chi connectivity index (χ4v) is 4.39. The predicted octanol–water partition coefficient (Wildman–Crippen LogP) is 4.45. The zero-order valence-electron chi connectivity index (χ0n) is 17.9. The van der Waals surface area contributed by atoms with Crippen LogP contribution >= 0.6 is 11.3 Å². The van der Waals surface area contributed by atoms with Crippen molar-refractivity contribution in [2.45, 2.75) is 26.7 Å². The van der Waals surface area contributed by atoms with Gasteiger partial charge in [-0.05, 0) is 64.2 Å². The number of para-hydroxylation sites is 1. The van der Waals surface area contributed by atoms with Crippen LogP contribution in [0.25, 0.3) is 10.2 Å². The molecule has 5 nitrogen and oxygen atoms in total. The fraction of sp³-hybridized carbons (Fsp3) is 0.391. The van der Waals surface area contributed by atoms with Gasteiger partial charge >= 0.3 is 0 Å². The number of benzene rings is 2. The van der Waals surface area contributed by atoms with Crippen LogP contribution in [0.5, 0.6) is 5.75 Å². The smallest absolute Gasteiger partial charge is 0.233 e. The summed E-state index contributed by atoms with van der Waals surface area (Å²) in [5.74, 6) is 0.814. The quantitative estimate of drug-likeness (QED) is 0.549. The summed E-state index contributed by atoms with van der Waals surface area (Å²) in [5, 5.41) is 0.734. The molecule has 1 amide bonds. The second-order valence-corrected chi connectivity index (χ2v) is 8.62. The van der Waals surface area contributed by atoms with Gasteiger partial charge in [-0.2, -0.15) is 0 Å². The molecule has 0 bridgehead atoms. The average molecular weight is 412 g/mol. The number of hydrogen-bond acceptors (Lipinski definition) is 5. The van der Waals surface area contributed by atoms with E-state index in [1.54, 1.807) is 7.11 Å². The van der Waals surface area contributed by atoms with Crippen molar-refractivity contribution in [3.05, 3.63) is 53.1 Å². The van der Waals surface area contributed by atoms with Gasteiger partial charge in [0.25, 0.3) is 0 Å². The van der Waals surface area contributed by atoms with Crippen LogP contribution in [0.15, 0.2) is 36.4 Å². The number of hydrogen-bond donors (Lipinski definition) is 0. The lowest BCUT2D eigenvalue weighted by Crippen LogP contribution is -2.34. The summed E-state index contributed by atoms with van der Waals surface area (Å²) in [6, 6.07) is 12.1. The summed E-state index contributed by atoms with van der Waals surface area (Å²) in [6.07, 6.45) is 1.26. The van der Waals surface area contributed by atoms with Crippen molar-refractivity contribution in [3.63, 3.8) is 0 Å². The van der Waals surface area contributed by atoms with Gasteiger partial charge in [0.15, 0.2) is 5.13 Å². The molecule has 29 heavy (non-hydrogen) atoms. The number of aromatic nitrogens is 1. The van der Waals surface area contributed by atoms with E-state index in [-0.39, 0.29) is 5.91 Å². The lowest BCUT2D eigenvalue weighted by Gasteiger charge is -2.21. The van der Waals surface area contributed by atoms with E-state index in [1.807, 2.05) is 37.2 Å². The highest BCUT2D eigenvalue weighted by Gasteiger charge is 2.21. The SMILES string of the molecule is COc1cccc2sc(N(CCCN(C)C)C(=O)Cc3ccc(C)cc3C)nc12. The molecule has 0 spiro atoms. The third-order valence-corrected chi connectivity index (χ3v) is 5.99. The zero-order chi connectivity index (χ0) is 21.0. The maximum atomic E-state index is 13.3. The Hall–Kier alpha value is -2.44. The fourth-order valence-electron chi connectivity index (χ4n) is 3.37. The van der Waals surface area contributed by atoms with E-state index in [1.165, 1.54) is 16.9 Å². The second kappa shape index (κ2) is 9.37. The molecule has 3 rings (SSSR count). The molecule has 154 valence electrons. The third kappa shape index (κ3) is 5.14. The van der Waals surface area contributed by atoms with Gasteiger partial charge in [0, 0.05) is 6.54 Å². The molecule has 0 unspecified atom stereocenters. The lowest BCUT2D eigenvalue weighted by molar-refractivity contribution is -0.118. The summed E-state index contributed by atoms with van der Waals surface area (Å²) in [4.78, 5) is 22.0. The Kier molecular flexibility index (Phi) is 6.87. The maximum absolute atomic E-state index is 13.3. The summed E-state index contributed by atoms with van der Waals surface area (Å²) in [5.41, 5.74) is 4.24. The van der Waals surface area contributed by atoms with Gasteiger partial charge < -0.3 is 9.64 Å². The Morgan fingerprint density at radius 1 is 1.14 bits per heavy atom. The van der Waals surface area contributed by atoms with Gasteiger partial charge in [0.2, 0.25) is 5.91 Å². The molecule has 0 N–H and O–H groups in total. The topological polar surface area (TPSA) is 45.7 Å². The predicted molar refractivity (Wildman–Crippen MR) is 121 cm³/mol. The van der Waals surface area contributed by atoms with E-state index in [4.69, 9.17) is 9.72 Å². The number of methoxy groups -OCH3 is 1. The molecule has 6 heteroatoms. The van der Waals surface area contributed by atoms with Crippen molar-refractivity contribution in [2.24, 2.45) is 0 Å². The molecule has 2 aromatic carbocycles. The molecule has 0 radical (unpaired) electrons. The molecular weight excluding hydrogens is 382 g/mol. The van der Waals surface area contributed by atoms with Gasteiger partial charge in [0.1, 0.15) is 11.3 Å². The van der Waals surface area contributed by atoms with Crippen molar-refractivity contribution in [1.29, 1.82) is 0 Å². The number of amides is 1. The molecule has 0 saturated carbocycles. The monoisotopic (exact) mass is 411 g/mol. The summed E-state index contributed by atoms with van der Waals surface area (Å²) in [6.45, 7) is 5.70. The number of nitrogens with zero attached hydrogens (tertiary/aromatic N) is 3. The Morgan fingerprint density at radius 3 is 2.62 bits per heavy atom. The minimum atomic E-state index is 0.0775. The molecule has 1 aromatic heterocycles. The minimum absolute atomic E-state index is 0.0775. The van der Waals surface area contributed by atoms with E-state index in [2.05, 4.69) is 36.9 Å². The molecule has 1 heterocycles. The van der Waals surface area contributed by atoms with Crippen LogP contribution in [0, 0.1) is 13.8 Å². The summed E-state index contributed by atoms with van der Waals surface area (Å²) < 4.78 is 6.47. The molecule has 0 aliphatic heterocycles. The van der Waals surface area contributed by atoms with Gasteiger partial charge in [0.05, 0.1) is 18.2 Å². The van der Waals surface area contributed by atoms with Gasteiger partial charge in [-0.15, -0.1) is 0 Å². The molecule has 0 fully saturated rings. The first-order valence-corrected chi connectivity index (χ1v) is 10.7. The van der Waals surface area contributed by atoms with E-state index in [9.17, 15) is 4.79 Å². The highest BCUT2D eigenvalue weighted by Crippen LogP contribution is 2.34. The number of thiazole rings is 1. The van der Waals surface area contributed by atoms with Gasteiger partial charge in [-0.3, -0.25) is 9.69 Å². The van der Waals surface area contributed by atoms with E-state index >= 15 is 0 Å². The molecule has 3 aromatic rings. The standard InChI is InChI=1S/C23H29N3O2S/c1-16-10-11-18(17(2)14-16)15-21(27)26(13-7-12-25(3)4)23-24-22-19(28-5)8-6-9-20(22)29-23/h6,8-11,14H,7,12-13,15H2,1-5H3. The van der Waals surface area contributed by atoms with Crippen LogP contribution < -0.4 is 9.64 Å². The maximum Gasteiger partial charge on any atom is 0.233 e. The third-order valence-electron chi connectivity index (χ3n) is 4.95. The van der Waals surface area contributed by atoms with Gasteiger partial charge in [-0.25, -0.2) is 4.98 Å². The summed E-state index contributed by atoms with van der Waals surface area (Å²) >= 11 is 1.54. The van der Waals surface area contributed by atoms with Crippen LogP contribution in [-0.2, 0) is 11.2 Å². The Bertz CT molecular complexity index is 997. The van der Waals surface area contributed by atoms with Crippen molar-refractivity contribution >= 4 is 32.6 Å². The van der Waals surface area contributed by atoms with Crippen LogP contribution in [0.2, 0.25) is 0 Å². The number of rotatable bonds is 8. The first kappa shape index (κ1) is 21.3. The first-order chi connectivity index (χ1) is 13.9. The normalized spacial score (nSPS) is 11.2. The minimum Gasteiger partial charge on any atom is -0.494 e. The average Bonchev–Trinajstić information content (AvgIpc) is 3.10. The van der Waals surface area contributed by atoms with Crippen molar-refractivity contribution in [1.82, 2.24) is 9.88 Å². The first-order valence-electron chi connectivity index (χ1n) is 9.84. The summed E-state index contributed by atoms with van der Waals surface area (Å²) in [7, 11) is 5.74. The molecule has 0 saturated heterocycles.